The Morgan fingerprint density at radius 1 is 1.00 bits per heavy atom. The van der Waals surface area contributed by atoms with Crippen LogP contribution in [0.3, 0.4) is 0 Å². The van der Waals surface area contributed by atoms with Crippen molar-refractivity contribution in [2.75, 3.05) is 34.5 Å². The van der Waals surface area contributed by atoms with Crippen LogP contribution in [0.15, 0.2) is 42.5 Å². The minimum absolute atomic E-state index is 0.0460. The lowest BCUT2D eigenvalue weighted by atomic mass is 9.68. The van der Waals surface area contributed by atoms with Crippen molar-refractivity contribution >= 4 is 0 Å². The first-order valence-electron chi connectivity index (χ1n) is 11.2. The summed E-state index contributed by atoms with van der Waals surface area (Å²) in [6, 6.07) is 14.5. The third-order valence-electron chi connectivity index (χ3n) is 6.48. The summed E-state index contributed by atoms with van der Waals surface area (Å²) < 4.78 is 22.7. The van der Waals surface area contributed by atoms with E-state index in [1.54, 1.807) is 21.3 Å². The highest BCUT2D eigenvalue weighted by Gasteiger charge is 2.40. The first-order valence-corrected chi connectivity index (χ1v) is 11.2. The Hall–Kier alpha value is -2.24. The molecule has 1 N–H and O–H groups in total. The molecule has 1 aliphatic rings. The van der Waals surface area contributed by atoms with E-state index in [0.29, 0.717) is 5.92 Å². The van der Waals surface area contributed by atoms with Gasteiger partial charge in [0.05, 0.1) is 27.4 Å². The Morgan fingerprint density at radius 3 is 2.45 bits per heavy atom. The molecule has 3 rings (SSSR count). The SMILES string of the molecule is COc1ccc(CNCCC2(c3ccccc3OC)CCOC(C(C)C)C2)cc1OC. The van der Waals surface area contributed by atoms with Gasteiger partial charge in [0, 0.05) is 24.1 Å². The summed E-state index contributed by atoms with van der Waals surface area (Å²) in [5.41, 5.74) is 2.53. The highest BCUT2D eigenvalue weighted by molar-refractivity contribution is 5.43. The van der Waals surface area contributed by atoms with Crippen molar-refractivity contribution < 1.29 is 18.9 Å². The van der Waals surface area contributed by atoms with Crippen LogP contribution in [0, 0.1) is 5.92 Å². The number of rotatable bonds is 10. The van der Waals surface area contributed by atoms with Crippen molar-refractivity contribution in [2.24, 2.45) is 5.92 Å². The van der Waals surface area contributed by atoms with Crippen molar-refractivity contribution in [1.29, 1.82) is 0 Å². The predicted molar refractivity (Wildman–Crippen MR) is 124 cm³/mol. The molecule has 170 valence electrons. The topological polar surface area (TPSA) is 49.0 Å². The second kappa shape index (κ2) is 10.9. The molecule has 2 aromatic carbocycles. The van der Waals surface area contributed by atoms with Gasteiger partial charge in [0.25, 0.3) is 0 Å². The van der Waals surface area contributed by atoms with E-state index in [1.807, 2.05) is 18.2 Å². The molecule has 0 saturated carbocycles. The second-order valence-corrected chi connectivity index (χ2v) is 8.70. The van der Waals surface area contributed by atoms with Crippen LogP contribution in [0.1, 0.15) is 44.2 Å². The Kier molecular flexibility index (Phi) is 8.22. The maximum absolute atomic E-state index is 6.13. The van der Waals surface area contributed by atoms with Gasteiger partial charge in [-0.05, 0) is 55.5 Å². The van der Waals surface area contributed by atoms with Gasteiger partial charge >= 0.3 is 0 Å². The van der Waals surface area contributed by atoms with Crippen molar-refractivity contribution in [3.05, 3.63) is 53.6 Å². The molecule has 1 aliphatic heterocycles. The zero-order valence-electron chi connectivity index (χ0n) is 19.6. The van der Waals surface area contributed by atoms with Gasteiger partial charge in [-0.25, -0.2) is 0 Å². The lowest BCUT2D eigenvalue weighted by Gasteiger charge is -2.43. The summed E-state index contributed by atoms with van der Waals surface area (Å²) in [7, 11) is 5.09. The van der Waals surface area contributed by atoms with E-state index in [0.717, 1.165) is 56.2 Å². The maximum Gasteiger partial charge on any atom is 0.161 e. The number of ether oxygens (including phenoxy) is 4. The van der Waals surface area contributed by atoms with Gasteiger partial charge in [0.15, 0.2) is 11.5 Å². The van der Waals surface area contributed by atoms with Crippen molar-refractivity contribution in [2.45, 2.75) is 51.2 Å². The summed E-state index contributed by atoms with van der Waals surface area (Å²) in [5, 5.41) is 3.64. The minimum atomic E-state index is 0.0460. The van der Waals surface area contributed by atoms with Gasteiger partial charge in [-0.1, -0.05) is 38.1 Å². The summed E-state index contributed by atoms with van der Waals surface area (Å²) in [5.74, 6) is 2.99. The fourth-order valence-electron chi connectivity index (χ4n) is 4.62. The predicted octanol–water partition coefficient (Wildman–Crippen LogP) is 4.97. The van der Waals surface area contributed by atoms with Crippen molar-refractivity contribution in [1.82, 2.24) is 5.32 Å². The number of hydrogen-bond acceptors (Lipinski definition) is 5. The molecule has 0 aliphatic carbocycles. The number of hydrogen-bond donors (Lipinski definition) is 1. The Balaban J connectivity index is 1.73. The molecule has 2 aromatic rings. The highest BCUT2D eigenvalue weighted by Crippen LogP contribution is 2.45. The molecule has 2 atom stereocenters. The van der Waals surface area contributed by atoms with Crippen LogP contribution in [0.2, 0.25) is 0 Å². The first kappa shape index (κ1) is 23.4. The number of para-hydroxylation sites is 1. The van der Waals surface area contributed by atoms with E-state index < -0.39 is 0 Å². The van der Waals surface area contributed by atoms with Crippen molar-refractivity contribution in [3.63, 3.8) is 0 Å². The number of nitrogens with one attached hydrogen (secondary N) is 1. The molecule has 1 saturated heterocycles. The molecular formula is C26H37NO4. The van der Waals surface area contributed by atoms with Crippen LogP contribution in [0.4, 0.5) is 0 Å². The fraction of sp³-hybridized carbons (Fsp3) is 0.538. The molecule has 0 aromatic heterocycles. The van der Waals surface area contributed by atoms with E-state index in [9.17, 15) is 0 Å². The minimum Gasteiger partial charge on any atom is -0.496 e. The normalized spacial score (nSPS) is 21.2. The van der Waals surface area contributed by atoms with E-state index in [4.69, 9.17) is 18.9 Å². The zero-order chi connectivity index (χ0) is 22.3. The van der Waals surface area contributed by atoms with E-state index >= 15 is 0 Å². The molecule has 0 radical (unpaired) electrons. The van der Waals surface area contributed by atoms with Gasteiger partial charge in [-0.3, -0.25) is 0 Å². The second-order valence-electron chi connectivity index (χ2n) is 8.70. The van der Waals surface area contributed by atoms with E-state index in [2.05, 4.69) is 43.4 Å². The monoisotopic (exact) mass is 427 g/mol. The molecule has 5 heteroatoms. The molecule has 2 unspecified atom stereocenters. The Morgan fingerprint density at radius 2 is 1.74 bits per heavy atom. The standard InChI is InChI=1S/C26H37NO4/c1-19(2)25-17-26(13-15-31-25,21-8-6-7-9-22(21)28-3)12-14-27-18-20-10-11-23(29-4)24(16-20)30-5/h6-11,16,19,25,27H,12-15,17-18H2,1-5H3. The largest absolute Gasteiger partial charge is 0.496 e. The average Bonchev–Trinajstić information content (AvgIpc) is 2.81. The van der Waals surface area contributed by atoms with E-state index in [1.165, 1.54) is 11.1 Å². The fourth-order valence-corrected chi connectivity index (χ4v) is 4.62. The number of benzene rings is 2. The summed E-state index contributed by atoms with van der Waals surface area (Å²) in [6.07, 6.45) is 3.33. The lowest BCUT2D eigenvalue weighted by Crippen LogP contribution is -2.42. The van der Waals surface area contributed by atoms with Crippen LogP contribution in [0.5, 0.6) is 17.2 Å². The third-order valence-corrected chi connectivity index (χ3v) is 6.48. The molecule has 1 fully saturated rings. The summed E-state index contributed by atoms with van der Waals surface area (Å²) in [4.78, 5) is 0. The van der Waals surface area contributed by atoms with E-state index in [-0.39, 0.29) is 11.5 Å². The van der Waals surface area contributed by atoms with Crippen molar-refractivity contribution in [3.8, 4) is 17.2 Å². The Bertz CT molecular complexity index is 838. The van der Waals surface area contributed by atoms with Crippen LogP contribution in [0.25, 0.3) is 0 Å². The number of methoxy groups -OCH3 is 3. The summed E-state index contributed by atoms with van der Waals surface area (Å²) >= 11 is 0. The smallest absolute Gasteiger partial charge is 0.161 e. The van der Waals surface area contributed by atoms with Crippen LogP contribution >= 0.6 is 0 Å². The Labute approximate surface area is 187 Å². The average molecular weight is 428 g/mol. The van der Waals surface area contributed by atoms with Crippen LogP contribution < -0.4 is 19.5 Å². The van der Waals surface area contributed by atoms with Gasteiger partial charge in [-0.2, -0.15) is 0 Å². The molecule has 31 heavy (non-hydrogen) atoms. The quantitative estimate of drug-likeness (QED) is 0.543. The van der Waals surface area contributed by atoms with Gasteiger partial charge in [-0.15, -0.1) is 0 Å². The molecular weight excluding hydrogens is 390 g/mol. The highest BCUT2D eigenvalue weighted by atomic mass is 16.5. The first-order chi connectivity index (χ1) is 15.0. The van der Waals surface area contributed by atoms with Gasteiger partial charge in [0.2, 0.25) is 0 Å². The summed E-state index contributed by atoms with van der Waals surface area (Å²) in [6.45, 7) is 6.98. The molecule has 5 nitrogen and oxygen atoms in total. The molecule has 1 heterocycles. The third kappa shape index (κ3) is 5.52. The van der Waals surface area contributed by atoms with Crippen LogP contribution in [-0.4, -0.2) is 40.6 Å². The zero-order valence-corrected chi connectivity index (χ0v) is 19.6. The van der Waals surface area contributed by atoms with Gasteiger partial charge in [0.1, 0.15) is 5.75 Å². The molecule has 0 bridgehead atoms. The van der Waals surface area contributed by atoms with Crippen LogP contribution in [-0.2, 0) is 16.7 Å². The molecule has 0 spiro atoms. The van der Waals surface area contributed by atoms with Gasteiger partial charge < -0.3 is 24.3 Å². The molecule has 0 amide bonds. The maximum atomic E-state index is 6.13. The lowest BCUT2D eigenvalue weighted by molar-refractivity contribution is -0.0473.